The lowest BCUT2D eigenvalue weighted by atomic mass is 9.96. The fourth-order valence-electron chi connectivity index (χ4n) is 2.34. The van der Waals surface area contributed by atoms with Crippen molar-refractivity contribution in [2.24, 2.45) is 11.7 Å². The predicted molar refractivity (Wildman–Crippen MR) is 81.1 cm³/mol. The van der Waals surface area contributed by atoms with Crippen molar-refractivity contribution in [1.29, 1.82) is 0 Å². The van der Waals surface area contributed by atoms with Crippen molar-refractivity contribution >= 4 is 23.6 Å². The van der Waals surface area contributed by atoms with Crippen molar-refractivity contribution in [3.05, 3.63) is 35.6 Å². The molecule has 1 aromatic rings. The van der Waals surface area contributed by atoms with Crippen LogP contribution in [0.4, 0.5) is 4.39 Å². The monoisotopic (exact) mass is 310 g/mol. The molecule has 1 aliphatic rings. The second kappa shape index (κ2) is 7.45. The Morgan fingerprint density at radius 3 is 2.43 bits per heavy atom. The summed E-state index contributed by atoms with van der Waals surface area (Å²) in [5.41, 5.74) is 6.27. The van der Waals surface area contributed by atoms with Crippen molar-refractivity contribution in [3.63, 3.8) is 0 Å². The van der Waals surface area contributed by atoms with E-state index in [1.54, 1.807) is 17.0 Å². The van der Waals surface area contributed by atoms with Crippen LogP contribution in [0.5, 0.6) is 0 Å². The zero-order chi connectivity index (χ0) is 15.2. The molecule has 1 aromatic carbocycles. The molecule has 0 saturated carbocycles. The Kier molecular flexibility index (Phi) is 5.61. The van der Waals surface area contributed by atoms with Crippen molar-refractivity contribution in [3.8, 4) is 0 Å². The van der Waals surface area contributed by atoms with Crippen LogP contribution in [0.25, 0.3) is 0 Å². The number of halogens is 1. The van der Waals surface area contributed by atoms with Gasteiger partial charge in [-0.3, -0.25) is 9.59 Å². The van der Waals surface area contributed by atoms with Gasteiger partial charge in [0.1, 0.15) is 5.82 Å². The van der Waals surface area contributed by atoms with E-state index in [9.17, 15) is 14.0 Å². The SMILES string of the molecule is NC(=O)C1CCN(C(=O)CSCc2ccc(F)cc2)CC1. The molecule has 2 rings (SSSR count). The Labute approximate surface area is 127 Å². The fourth-order valence-corrected chi connectivity index (χ4v) is 3.23. The predicted octanol–water partition coefficient (Wildman–Crippen LogP) is 1.78. The summed E-state index contributed by atoms with van der Waals surface area (Å²) in [7, 11) is 0. The van der Waals surface area contributed by atoms with Gasteiger partial charge in [-0.25, -0.2) is 4.39 Å². The molecule has 0 radical (unpaired) electrons. The van der Waals surface area contributed by atoms with E-state index in [4.69, 9.17) is 5.73 Å². The van der Waals surface area contributed by atoms with Crippen molar-refractivity contribution in [1.82, 2.24) is 4.90 Å². The number of hydrogen-bond donors (Lipinski definition) is 1. The minimum atomic E-state index is -0.271. The first-order valence-corrected chi connectivity index (χ1v) is 8.11. The van der Waals surface area contributed by atoms with E-state index in [0.717, 1.165) is 5.56 Å². The summed E-state index contributed by atoms with van der Waals surface area (Å²) < 4.78 is 12.8. The van der Waals surface area contributed by atoms with E-state index in [1.165, 1.54) is 23.9 Å². The van der Waals surface area contributed by atoms with Crippen LogP contribution in [0.15, 0.2) is 24.3 Å². The number of likely N-dealkylation sites (tertiary alicyclic amines) is 1. The molecular weight excluding hydrogens is 291 g/mol. The maximum Gasteiger partial charge on any atom is 0.232 e. The maximum absolute atomic E-state index is 12.8. The number of benzene rings is 1. The second-order valence-corrected chi connectivity index (χ2v) is 6.16. The molecule has 6 heteroatoms. The molecule has 21 heavy (non-hydrogen) atoms. The van der Waals surface area contributed by atoms with Gasteiger partial charge in [-0.05, 0) is 30.5 Å². The molecule has 1 aliphatic heterocycles. The van der Waals surface area contributed by atoms with Crippen LogP contribution in [0.2, 0.25) is 0 Å². The Hall–Kier alpha value is -1.56. The summed E-state index contributed by atoms with van der Waals surface area (Å²) >= 11 is 1.52. The average Bonchev–Trinajstić information content (AvgIpc) is 2.49. The molecule has 1 heterocycles. The number of thioether (sulfide) groups is 1. The van der Waals surface area contributed by atoms with Crippen LogP contribution in [0, 0.1) is 11.7 Å². The number of piperidine rings is 1. The number of rotatable bonds is 5. The van der Waals surface area contributed by atoms with E-state index >= 15 is 0 Å². The van der Waals surface area contributed by atoms with Crippen LogP contribution in [0.3, 0.4) is 0 Å². The highest BCUT2D eigenvalue weighted by atomic mass is 32.2. The zero-order valence-corrected chi connectivity index (χ0v) is 12.6. The van der Waals surface area contributed by atoms with Gasteiger partial charge in [0.05, 0.1) is 5.75 Å². The quantitative estimate of drug-likeness (QED) is 0.902. The number of carbonyl (C=O) groups is 2. The molecule has 0 spiro atoms. The molecule has 114 valence electrons. The number of nitrogens with two attached hydrogens (primary N) is 1. The molecule has 0 atom stereocenters. The highest BCUT2D eigenvalue weighted by Gasteiger charge is 2.25. The molecule has 0 bridgehead atoms. The summed E-state index contributed by atoms with van der Waals surface area (Å²) in [5.74, 6) is 0.554. The Morgan fingerprint density at radius 1 is 1.24 bits per heavy atom. The molecule has 2 N–H and O–H groups in total. The van der Waals surface area contributed by atoms with E-state index in [1.807, 2.05) is 0 Å². The minimum Gasteiger partial charge on any atom is -0.369 e. The third-order valence-electron chi connectivity index (χ3n) is 3.66. The lowest BCUT2D eigenvalue weighted by molar-refractivity contribution is -0.132. The highest BCUT2D eigenvalue weighted by Crippen LogP contribution is 2.19. The zero-order valence-electron chi connectivity index (χ0n) is 11.8. The van der Waals surface area contributed by atoms with Crippen molar-refractivity contribution in [2.45, 2.75) is 18.6 Å². The Morgan fingerprint density at radius 2 is 1.86 bits per heavy atom. The molecule has 0 aromatic heterocycles. The normalized spacial score (nSPS) is 16.0. The number of hydrogen-bond acceptors (Lipinski definition) is 3. The van der Waals surface area contributed by atoms with Crippen LogP contribution in [0.1, 0.15) is 18.4 Å². The smallest absolute Gasteiger partial charge is 0.232 e. The molecular formula is C15H19FN2O2S. The number of primary amides is 1. The molecule has 1 fully saturated rings. The van der Waals surface area contributed by atoms with Gasteiger partial charge in [-0.2, -0.15) is 0 Å². The standard InChI is InChI=1S/C15H19FN2O2S/c16-13-3-1-11(2-4-13)9-21-10-14(19)18-7-5-12(6-8-18)15(17)20/h1-4,12H,5-10H2,(H2,17,20). The van der Waals surface area contributed by atoms with Crippen LogP contribution < -0.4 is 5.73 Å². The van der Waals surface area contributed by atoms with Gasteiger partial charge in [0.2, 0.25) is 11.8 Å². The summed E-state index contributed by atoms with van der Waals surface area (Å²) in [6.07, 6.45) is 1.31. The van der Waals surface area contributed by atoms with Gasteiger partial charge in [0, 0.05) is 24.8 Å². The molecule has 0 unspecified atom stereocenters. The van der Waals surface area contributed by atoms with Gasteiger partial charge in [-0.1, -0.05) is 12.1 Å². The molecule has 1 saturated heterocycles. The number of nitrogens with zero attached hydrogens (tertiary/aromatic N) is 1. The summed E-state index contributed by atoms with van der Waals surface area (Å²) in [4.78, 5) is 24.9. The van der Waals surface area contributed by atoms with Crippen LogP contribution in [-0.2, 0) is 15.3 Å². The van der Waals surface area contributed by atoms with Gasteiger partial charge >= 0.3 is 0 Å². The van der Waals surface area contributed by atoms with Gasteiger partial charge < -0.3 is 10.6 Å². The highest BCUT2D eigenvalue weighted by molar-refractivity contribution is 7.99. The van der Waals surface area contributed by atoms with E-state index in [2.05, 4.69) is 0 Å². The van der Waals surface area contributed by atoms with Gasteiger partial charge in [0.25, 0.3) is 0 Å². The van der Waals surface area contributed by atoms with E-state index in [0.29, 0.717) is 37.4 Å². The third-order valence-corrected chi connectivity index (χ3v) is 4.65. The maximum atomic E-state index is 12.8. The lowest BCUT2D eigenvalue weighted by Gasteiger charge is -2.30. The van der Waals surface area contributed by atoms with Gasteiger partial charge in [-0.15, -0.1) is 11.8 Å². The second-order valence-electron chi connectivity index (χ2n) is 5.18. The first-order chi connectivity index (χ1) is 10.1. The third kappa shape index (κ3) is 4.74. The largest absolute Gasteiger partial charge is 0.369 e. The molecule has 0 aliphatic carbocycles. The fraction of sp³-hybridized carbons (Fsp3) is 0.467. The van der Waals surface area contributed by atoms with Crippen molar-refractivity contribution in [2.75, 3.05) is 18.8 Å². The first kappa shape index (κ1) is 15.8. The van der Waals surface area contributed by atoms with Gasteiger partial charge in [0.15, 0.2) is 0 Å². The van der Waals surface area contributed by atoms with E-state index < -0.39 is 0 Å². The number of carbonyl (C=O) groups excluding carboxylic acids is 2. The minimum absolute atomic E-state index is 0.0880. The van der Waals surface area contributed by atoms with Crippen molar-refractivity contribution < 1.29 is 14.0 Å². The van der Waals surface area contributed by atoms with Crippen LogP contribution >= 0.6 is 11.8 Å². The molecule has 4 nitrogen and oxygen atoms in total. The topological polar surface area (TPSA) is 63.4 Å². The summed E-state index contributed by atoms with van der Waals surface area (Å²) in [6, 6.07) is 6.30. The molecule has 2 amide bonds. The Bertz CT molecular complexity index is 499. The first-order valence-electron chi connectivity index (χ1n) is 6.95. The van der Waals surface area contributed by atoms with E-state index in [-0.39, 0.29) is 23.5 Å². The summed E-state index contributed by atoms with van der Waals surface area (Å²) in [6.45, 7) is 1.20. The lowest BCUT2D eigenvalue weighted by Crippen LogP contribution is -2.42. The Balaban J connectivity index is 1.70. The van der Waals surface area contributed by atoms with Crippen LogP contribution in [-0.4, -0.2) is 35.6 Å². The number of amides is 2. The average molecular weight is 310 g/mol. The summed E-state index contributed by atoms with van der Waals surface area (Å²) in [5, 5.41) is 0.